The SMILES string of the molecule is N#Cc1ccc(N2CC[C@@H](Oc3ccc(C(F)(F)F)cn3)C2)c(C(N)=O)c1. The van der Waals surface area contributed by atoms with E-state index < -0.39 is 17.6 Å². The van der Waals surface area contributed by atoms with Gasteiger partial charge in [-0.05, 0) is 24.3 Å². The predicted molar refractivity (Wildman–Crippen MR) is 90.2 cm³/mol. The molecule has 0 spiro atoms. The maximum atomic E-state index is 12.6. The molecule has 0 radical (unpaired) electrons. The van der Waals surface area contributed by atoms with Crippen LogP contribution in [-0.4, -0.2) is 30.1 Å². The lowest BCUT2D eigenvalue weighted by molar-refractivity contribution is -0.137. The third kappa shape index (κ3) is 4.11. The van der Waals surface area contributed by atoms with Crippen molar-refractivity contribution in [1.29, 1.82) is 5.26 Å². The van der Waals surface area contributed by atoms with Crippen molar-refractivity contribution in [1.82, 2.24) is 4.98 Å². The zero-order valence-corrected chi connectivity index (χ0v) is 14.0. The average molecular weight is 376 g/mol. The summed E-state index contributed by atoms with van der Waals surface area (Å²) in [5, 5.41) is 8.96. The van der Waals surface area contributed by atoms with E-state index in [2.05, 4.69) is 4.98 Å². The van der Waals surface area contributed by atoms with E-state index in [9.17, 15) is 18.0 Å². The number of nitriles is 1. The van der Waals surface area contributed by atoms with Crippen LogP contribution in [0.15, 0.2) is 36.5 Å². The Morgan fingerprint density at radius 2 is 2.11 bits per heavy atom. The van der Waals surface area contributed by atoms with Gasteiger partial charge in [0, 0.05) is 30.9 Å². The molecule has 0 saturated carbocycles. The number of nitrogens with two attached hydrogens (primary N) is 1. The fourth-order valence-corrected chi connectivity index (χ4v) is 2.91. The first-order valence-corrected chi connectivity index (χ1v) is 8.06. The lowest BCUT2D eigenvalue weighted by Gasteiger charge is -2.21. The molecule has 1 saturated heterocycles. The molecule has 27 heavy (non-hydrogen) atoms. The van der Waals surface area contributed by atoms with E-state index in [-0.39, 0.29) is 17.5 Å². The molecule has 1 atom stereocenters. The first kappa shape index (κ1) is 18.5. The Kier molecular flexibility index (Phi) is 4.90. The number of primary amides is 1. The van der Waals surface area contributed by atoms with Gasteiger partial charge in [0.05, 0.1) is 29.3 Å². The van der Waals surface area contributed by atoms with E-state index in [0.29, 0.717) is 30.8 Å². The van der Waals surface area contributed by atoms with Crippen LogP contribution in [0.4, 0.5) is 18.9 Å². The van der Waals surface area contributed by atoms with Gasteiger partial charge in [-0.1, -0.05) is 0 Å². The van der Waals surface area contributed by atoms with Crippen molar-refractivity contribution < 1.29 is 22.7 Å². The molecule has 6 nitrogen and oxygen atoms in total. The van der Waals surface area contributed by atoms with Gasteiger partial charge in [-0.2, -0.15) is 18.4 Å². The molecule has 2 aromatic rings. The number of aromatic nitrogens is 1. The summed E-state index contributed by atoms with van der Waals surface area (Å²) in [5.74, 6) is -0.541. The quantitative estimate of drug-likeness (QED) is 0.886. The Bertz CT molecular complexity index is 891. The van der Waals surface area contributed by atoms with Gasteiger partial charge in [0.1, 0.15) is 6.10 Å². The molecule has 140 valence electrons. The molecule has 3 rings (SSSR count). The highest BCUT2D eigenvalue weighted by atomic mass is 19.4. The number of anilines is 1. The summed E-state index contributed by atoms with van der Waals surface area (Å²) in [6.45, 7) is 0.979. The molecule has 0 aliphatic carbocycles. The van der Waals surface area contributed by atoms with Crippen LogP contribution < -0.4 is 15.4 Å². The van der Waals surface area contributed by atoms with E-state index in [0.717, 1.165) is 12.3 Å². The number of carbonyl (C=O) groups excluding carboxylic acids is 1. The molecule has 2 N–H and O–H groups in total. The van der Waals surface area contributed by atoms with Crippen molar-refractivity contribution in [2.75, 3.05) is 18.0 Å². The number of hydrogen-bond acceptors (Lipinski definition) is 5. The highest BCUT2D eigenvalue weighted by molar-refractivity contribution is 5.99. The largest absolute Gasteiger partial charge is 0.472 e. The van der Waals surface area contributed by atoms with Crippen LogP contribution >= 0.6 is 0 Å². The lowest BCUT2D eigenvalue weighted by atomic mass is 10.1. The summed E-state index contributed by atoms with van der Waals surface area (Å²) < 4.78 is 43.4. The molecule has 0 unspecified atom stereocenters. The van der Waals surface area contributed by atoms with Crippen LogP contribution in [0.3, 0.4) is 0 Å². The molecule has 1 aromatic carbocycles. The van der Waals surface area contributed by atoms with Gasteiger partial charge in [0.15, 0.2) is 0 Å². The standard InChI is InChI=1S/C18H15F3N4O2/c19-18(20,21)12-2-4-16(24-9-12)27-13-5-6-25(10-13)15-3-1-11(8-22)7-14(15)17(23)26/h1-4,7,9,13H,5-6,10H2,(H2,23,26)/t13-/m1/s1. The fourth-order valence-electron chi connectivity index (χ4n) is 2.91. The molecule has 1 aliphatic rings. The maximum Gasteiger partial charge on any atom is 0.417 e. The van der Waals surface area contributed by atoms with E-state index in [1.807, 2.05) is 11.0 Å². The van der Waals surface area contributed by atoms with Gasteiger partial charge < -0.3 is 15.4 Å². The lowest BCUT2D eigenvalue weighted by Crippen LogP contribution is -2.27. The van der Waals surface area contributed by atoms with Crippen LogP contribution in [0.25, 0.3) is 0 Å². The summed E-state index contributed by atoms with van der Waals surface area (Å²) in [4.78, 5) is 17.3. The van der Waals surface area contributed by atoms with E-state index in [1.165, 1.54) is 12.1 Å². The zero-order valence-electron chi connectivity index (χ0n) is 14.0. The minimum Gasteiger partial charge on any atom is -0.472 e. The number of alkyl halides is 3. The highest BCUT2D eigenvalue weighted by Crippen LogP contribution is 2.30. The summed E-state index contributed by atoms with van der Waals surface area (Å²) >= 11 is 0. The first-order valence-electron chi connectivity index (χ1n) is 8.06. The van der Waals surface area contributed by atoms with Gasteiger partial charge in [-0.3, -0.25) is 4.79 Å². The molecule has 9 heteroatoms. The molecule has 1 fully saturated rings. The Hall–Kier alpha value is -3.28. The number of benzene rings is 1. The molecule has 0 bridgehead atoms. The molecular formula is C18H15F3N4O2. The van der Waals surface area contributed by atoms with Crippen molar-refractivity contribution in [2.45, 2.75) is 18.7 Å². The summed E-state index contributed by atoms with van der Waals surface area (Å²) in [6, 6.07) is 8.73. The maximum absolute atomic E-state index is 12.6. The van der Waals surface area contributed by atoms with E-state index in [4.69, 9.17) is 15.7 Å². The highest BCUT2D eigenvalue weighted by Gasteiger charge is 2.31. The number of rotatable bonds is 4. The van der Waals surface area contributed by atoms with Crippen molar-refractivity contribution in [3.8, 4) is 11.9 Å². The number of ether oxygens (including phenoxy) is 1. The number of carbonyl (C=O) groups is 1. The number of nitrogens with zero attached hydrogens (tertiary/aromatic N) is 3. The third-order valence-corrected chi connectivity index (χ3v) is 4.23. The zero-order chi connectivity index (χ0) is 19.6. The molecule has 2 heterocycles. The second kappa shape index (κ2) is 7.15. The van der Waals surface area contributed by atoms with Crippen LogP contribution in [0.5, 0.6) is 5.88 Å². The number of hydrogen-bond donors (Lipinski definition) is 1. The Morgan fingerprint density at radius 1 is 1.33 bits per heavy atom. The number of amides is 1. The smallest absolute Gasteiger partial charge is 0.417 e. The molecule has 1 aliphatic heterocycles. The van der Waals surface area contributed by atoms with Crippen molar-refractivity contribution in [2.24, 2.45) is 5.73 Å². The van der Waals surface area contributed by atoms with Gasteiger partial charge in [0.2, 0.25) is 5.88 Å². The monoisotopic (exact) mass is 376 g/mol. The molecule has 1 aromatic heterocycles. The average Bonchev–Trinajstić information content (AvgIpc) is 3.09. The predicted octanol–water partition coefficient (Wildman–Crippen LogP) is 2.73. The van der Waals surface area contributed by atoms with E-state index in [1.54, 1.807) is 12.1 Å². The fraction of sp³-hybridized carbons (Fsp3) is 0.278. The summed E-state index contributed by atoms with van der Waals surface area (Å²) in [6.07, 6.45) is -3.42. The summed E-state index contributed by atoms with van der Waals surface area (Å²) in [7, 11) is 0. The van der Waals surface area contributed by atoms with Crippen LogP contribution in [0.2, 0.25) is 0 Å². The van der Waals surface area contributed by atoms with Crippen molar-refractivity contribution in [3.63, 3.8) is 0 Å². The second-order valence-corrected chi connectivity index (χ2v) is 6.07. The van der Waals surface area contributed by atoms with Crippen molar-refractivity contribution in [3.05, 3.63) is 53.2 Å². The summed E-state index contributed by atoms with van der Waals surface area (Å²) in [5.41, 5.74) is 5.72. The topological polar surface area (TPSA) is 92.2 Å². The Labute approximate surface area is 153 Å². The third-order valence-electron chi connectivity index (χ3n) is 4.23. The van der Waals surface area contributed by atoms with Gasteiger partial charge in [-0.25, -0.2) is 4.98 Å². The van der Waals surface area contributed by atoms with Crippen LogP contribution in [0, 0.1) is 11.3 Å². The second-order valence-electron chi connectivity index (χ2n) is 6.07. The molecule has 1 amide bonds. The first-order chi connectivity index (χ1) is 12.8. The minimum absolute atomic E-state index is 0.102. The van der Waals surface area contributed by atoms with Gasteiger partial charge in [-0.15, -0.1) is 0 Å². The normalized spacial score (nSPS) is 16.8. The van der Waals surface area contributed by atoms with Gasteiger partial charge >= 0.3 is 6.18 Å². The Balaban J connectivity index is 1.71. The Morgan fingerprint density at radius 3 is 2.70 bits per heavy atom. The molecular weight excluding hydrogens is 361 g/mol. The number of pyridine rings is 1. The van der Waals surface area contributed by atoms with Crippen LogP contribution in [0.1, 0.15) is 27.9 Å². The van der Waals surface area contributed by atoms with E-state index >= 15 is 0 Å². The van der Waals surface area contributed by atoms with Gasteiger partial charge in [0.25, 0.3) is 5.91 Å². The van der Waals surface area contributed by atoms with Crippen LogP contribution in [-0.2, 0) is 6.18 Å². The number of halogens is 3. The van der Waals surface area contributed by atoms with Crippen molar-refractivity contribution >= 4 is 11.6 Å². The minimum atomic E-state index is -4.45.